The summed E-state index contributed by atoms with van der Waals surface area (Å²) in [5.41, 5.74) is 2.90. The van der Waals surface area contributed by atoms with Gasteiger partial charge >= 0.3 is 0 Å². The van der Waals surface area contributed by atoms with E-state index >= 15 is 0 Å². The molecular weight excluding hydrogens is 290 g/mol. The van der Waals surface area contributed by atoms with Crippen LogP contribution in [0.3, 0.4) is 0 Å². The minimum Gasteiger partial charge on any atom is -0.489 e. The maximum Gasteiger partial charge on any atom is 0.254 e. The summed E-state index contributed by atoms with van der Waals surface area (Å²) in [4.78, 5) is 14.1. The molecule has 0 aromatic heterocycles. The fourth-order valence-electron chi connectivity index (χ4n) is 2.80. The molecule has 1 aliphatic rings. The molecule has 1 atom stereocenters. The van der Waals surface area contributed by atoms with Gasteiger partial charge in [-0.1, -0.05) is 35.9 Å². The molecule has 0 saturated carbocycles. The lowest BCUT2D eigenvalue weighted by atomic mass is 10.1. The molecule has 0 unspecified atom stereocenters. The van der Waals surface area contributed by atoms with Crippen LogP contribution in [0.4, 0.5) is 0 Å². The molecule has 1 amide bonds. The molecule has 1 fully saturated rings. The highest BCUT2D eigenvalue weighted by Crippen LogP contribution is 2.19. The number of hydrogen-bond acceptors (Lipinski definition) is 3. The minimum absolute atomic E-state index is 0.0532. The topological polar surface area (TPSA) is 49.8 Å². The van der Waals surface area contributed by atoms with Crippen LogP contribution >= 0.6 is 0 Å². The number of rotatable bonds is 4. The second kappa shape index (κ2) is 6.84. The van der Waals surface area contributed by atoms with Crippen molar-refractivity contribution in [3.63, 3.8) is 0 Å². The average Bonchev–Trinajstić information content (AvgIpc) is 2.99. The first kappa shape index (κ1) is 15.6. The monoisotopic (exact) mass is 311 g/mol. The average molecular weight is 311 g/mol. The van der Waals surface area contributed by atoms with Crippen molar-refractivity contribution < 1.29 is 14.6 Å². The smallest absolute Gasteiger partial charge is 0.254 e. The molecule has 0 aliphatic carbocycles. The molecule has 1 N–H and O–H groups in total. The van der Waals surface area contributed by atoms with Crippen LogP contribution in [0, 0.1) is 6.92 Å². The molecule has 0 spiro atoms. The van der Waals surface area contributed by atoms with E-state index in [1.807, 2.05) is 37.3 Å². The molecule has 2 aromatic rings. The van der Waals surface area contributed by atoms with Crippen molar-refractivity contribution in [2.45, 2.75) is 26.1 Å². The van der Waals surface area contributed by atoms with Crippen LogP contribution in [0.25, 0.3) is 0 Å². The zero-order valence-electron chi connectivity index (χ0n) is 13.2. The summed E-state index contributed by atoms with van der Waals surface area (Å²) in [5.74, 6) is 0.625. The number of hydrogen-bond donors (Lipinski definition) is 1. The number of nitrogens with zero attached hydrogens (tertiary/aromatic N) is 1. The van der Waals surface area contributed by atoms with Crippen molar-refractivity contribution in [1.82, 2.24) is 4.90 Å². The van der Waals surface area contributed by atoms with E-state index < -0.39 is 6.10 Å². The normalized spacial score (nSPS) is 17.3. The van der Waals surface area contributed by atoms with Gasteiger partial charge in [0.05, 0.1) is 6.10 Å². The molecule has 0 radical (unpaired) electrons. The van der Waals surface area contributed by atoms with Crippen molar-refractivity contribution in [2.24, 2.45) is 0 Å². The summed E-state index contributed by atoms with van der Waals surface area (Å²) in [6.45, 7) is 3.54. The van der Waals surface area contributed by atoms with Crippen molar-refractivity contribution in [3.8, 4) is 5.75 Å². The third-order valence-electron chi connectivity index (χ3n) is 4.02. The van der Waals surface area contributed by atoms with Gasteiger partial charge in [0.25, 0.3) is 5.91 Å². The highest BCUT2D eigenvalue weighted by atomic mass is 16.5. The van der Waals surface area contributed by atoms with E-state index in [1.165, 1.54) is 5.56 Å². The molecule has 4 nitrogen and oxygen atoms in total. The predicted molar refractivity (Wildman–Crippen MR) is 88.5 cm³/mol. The molecular formula is C19H21NO3. The molecule has 1 saturated heterocycles. The quantitative estimate of drug-likeness (QED) is 0.944. The van der Waals surface area contributed by atoms with Crippen LogP contribution in [-0.4, -0.2) is 35.1 Å². The Hall–Kier alpha value is -2.33. The van der Waals surface area contributed by atoms with Gasteiger partial charge in [-0.25, -0.2) is 0 Å². The molecule has 23 heavy (non-hydrogen) atoms. The first-order valence-electron chi connectivity index (χ1n) is 7.87. The zero-order chi connectivity index (χ0) is 16.2. The first-order valence-corrected chi connectivity index (χ1v) is 7.87. The number of ether oxygens (including phenoxy) is 1. The Kier molecular flexibility index (Phi) is 4.63. The van der Waals surface area contributed by atoms with Crippen LogP contribution in [-0.2, 0) is 6.61 Å². The van der Waals surface area contributed by atoms with E-state index in [0.29, 0.717) is 37.4 Å². The van der Waals surface area contributed by atoms with Crippen molar-refractivity contribution >= 4 is 5.91 Å². The van der Waals surface area contributed by atoms with E-state index in [1.54, 1.807) is 17.0 Å². The summed E-state index contributed by atoms with van der Waals surface area (Å²) in [5, 5.41) is 9.56. The number of aryl methyl sites for hydroxylation is 1. The van der Waals surface area contributed by atoms with Gasteiger partial charge in [0.1, 0.15) is 12.4 Å². The Morgan fingerprint density at radius 2 is 2.09 bits per heavy atom. The largest absolute Gasteiger partial charge is 0.489 e. The summed E-state index contributed by atoms with van der Waals surface area (Å²) in [6, 6.07) is 15.4. The van der Waals surface area contributed by atoms with E-state index in [0.717, 1.165) is 5.56 Å². The Balaban J connectivity index is 1.66. The molecule has 1 heterocycles. The lowest BCUT2D eigenvalue weighted by Crippen LogP contribution is -2.29. The standard InChI is InChI=1S/C19H21NO3/c1-14-4-2-5-15(10-14)13-23-18-7-3-6-16(11-18)19(22)20-9-8-17(21)12-20/h2-7,10-11,17,21H,8-9,12-13H2,1H3/t17-/m1/s1. The minimum atomic E-state index is -0.403. The second-order valence-corrected chi connectivity index (χ2v) is 6.00. The van der Waals surface area contributed by atoms with E-state index in [4.69, 9.17) is 4.74 Å². The van der Waals surface area contributed by atoms with Crippen molar-refractivity contribution in [1.29, 1.82) is 0 Å². The SMILES string of the molecule is Cc1cccc(COc2cccc(C(=O)N3CC[C@@H](O)C3)c2)c1. The number of aliphatic hydroxyl groups is 1. The van der Waals surface area contributed by atoms with Crippen LogP contribution < -0.4 is 4.74 Å². The number of amides is 1. The van der Waals surface area contributed by atoms with Gasteiger partial charge in [-0.3, -0.25) is 4.79 Å². The predicted octanol–water partition coefficient (Wildman–Crippen LogP) is 2.78. The van der Waals surface area contributed by atoms with Gasteiger partial charge in [0.15, 0.2) is 0 Å². The van der Waals surface area contributed by atoms with E-state index in [2.05, 4.69) is 6.07 Å². The van der Waals surface area contributed by atoms with Crippen molar-refractivity contribution in [2.75, 3.05) is 13.1 Å². The Morgan fingerprint density at radius 3 is 2.83 bits per heavy atom. The third-order valence-corrected chi connectivity index (χ3v) is 4.02. The maximum absolute atomic E-state index is 12.4. The molecule has 0 bridgehead atoms. The lowest BCUT2D eigenvalue weighted by molar-refractivity contribution is 0.0764. The number of aliphatic hydroxyl groups excluding tert-OH is 1. The Labute approximate surface area is 136 Å². The summed E-state index contributed by atoms with van der Waals surface area (Å²) >= 11 is 0. The van der Waals surface area contributed by atoms with Crippen LogP contribution in [0.15, 0.2) is 48.5 Å². The van der Waals surface area contributed by atoms with Gasteiger partial charge in [0.2, 0.25) is 0 Å². The van der Waals surface area contributed by atoms with Gasteiger partial charge in [-0.2, -0.15) is 0 Å². The molecule has 4 heteroatoms. The second-order valence-electron chi connectivity index (χ2n) is 6.00. The Morgan fingerprint density at radius 1 is 1.26 bits per heavy atom. The van der Waals surface area contributed by atoms with Gasteiger partial charge in [0, 0.05) is 18.7 Å². The summed E-state index contributed by atoms with van der Waals surface area (Å²) in [6.07, 6.45) is 0.245. The molecule has 3 rings (SSSR count). The van der Waals surface area contributed by atoms with Crippen molar-refractivity contribution in [3.05, 3.63) is 65.2 Å². The number of carbonyl (C=O) groups is 1. The van der Waals surface area contributed by atoms with E-state index in [9.17, 15) is 9.90 Å². The van der Waals surface area contributed by atoms with E-state index in [-0.39, 0.29) is 5.91 Å². The highest BCUT2D eigenvalue weighted by molar-refractivity contribution is 5.94. The number of β-amino-alcohol motifs (C(OH)–C–C–N with tert-alkyl or cyclic N) is 1. The highest BCUT2D eigenvalue weighted by Gasteiger charge is 2.25. The molecule has 2 aromatic carbocycles. The number of benzene rings is 2. The maximum atomic E-state index is 12.4. The first-order chi connectivity index (χ1) is 11.1. The van der Waals surface area contributed by atoms with Gasteiger partial charge in [-0.05, 0) is 37.1 Å². The summed E-state index contributed by atoms with van der Waals surface area (Å²) in [7, 11) is 0. The zero-order valence-corrected chi connectivity index (χ0v) is 13.2. The van der Waals surface area contributed by atoms with Gasteiger partial charge in [-0.15, -0.1) is 0 Å². The lowest BCUT2D eigenvalue weighted by Gasteiger charge is -2.16. The number of likely N-dealkylation sites (tertiary alicyclic amines) is 1. The molecule has 120 valence electrons. The Bertz CT molecular complexity index is 699. The fraction of sp³-hybridized carbons (Fsp3) is 0.316. The fourth-order valence-corrected chi connectivity index (χ4v) is 2.80. The third kappa shape index (κ3) is 3.90. The van der Waals surface area contributed by atoms with Crippen LogP contribution in [0.2, 0.25) is 0 Å². The number of carbonyl (C=O) groups excluding carboxylic acids is 1. The van der Waals surface area contributed by atoms with Crippen LogP contribution in [0.1, 0.15) is 27.9 Å². The van der Waals surface area contributed by atoms with Crippen LogP contribution in [0.5, 0.6) is 5.75 Å². The summed E-state index contributed by atoms with van der Waals surface area (Å²) < 4.78 is 5.80. The molecule has 1 aliphatic heterocycles. The van der Waals surface area contributed by atoms with Gasteiger partial charge < -0.3 is 14.7 Å².